The van der Waals surface area contributed by atoms with Gasteiger partial charge in [-0.05, 0) is 25.8 Å². The summed E-state index contributed by atoms with van der Waals surface area (Å²) in [6, 6.07) is 5.56. The fourth-order valence-electron chi connectivity index (χ4n) is 2.78. The number of hydrogen-bond acceptors (Lipinski definition) is 4. The van der Waals surface area contributed by atoms with E-state index < -0.39 is 34.9 Å². The topological polar surface area (TPSA) is 53.4 Å². The molecule has 1 fully saturated rings. The molecule has 0 bridgehead atoms. The second-order valence-electron chi connectivity index (χ2n) is 6.67. The summed E-state index contributed by atoms with van der Waals surface area (Å²) in [5, 5.41) is 11.2. The van der Waals surface area contributed by atoms with E-state index in [-0.39, 0.29) is 18.2 Å². The molecule has 4 nitrogen and oxygen atoms in total. The number of aryl methyl sites for hydroxylation is 1. The van der Waals surface area contributed by atoms with Gasteiger partial charge in [0.25, 0.3) is 0 Å². The van der Waals surface area contributed by atoms with Crippen LogP contribution in [0.2, 0.25) is 0 Å². The number of aromatic nitrogens is 1. The van der Waals surface area contributed by atoms with Crippen molar-refractivity contribution in [1.29, 1.82) is 0 Å². The highest BCUT2D eigenvalue weighted by atomic mass is 32.1. The predicted molar refractivity (Wildman–Crippen MR) is 91.4 cm³/mol. The lowest BCUT2D eigenvalue weighted by molar-refractivity contribution is -0.268. The second-order valence-corrected chi connectivity index (χ2v) is 7.53. The Morgan fingerprint density at radius 1 is 1.33 bits per heavy atom. The Kier molecular flexibility index (Phi) is 5.27. The third-order valence-corrected chi connectivity index (χ3v) is 5.57. The minimum Gasteiger partial charge on any atom is -0.374 e. The van der Waals surface area contributed by atoms with Gasteiger partial charge < -0.3 is 10.0 Å². The Balaban J connectivity index is 1.86. The molecule has 1 saturated carbocycles. The van der Waals surface area contributed by atoms with Crippen molar-refractivity contribution < 1.29 is 27.5 Å². The zero-order chi connectivity index (χ0) is 19.8. The van der Waals surface area contributed by atoms with Crippen LogP contribution in [-0.2, 0) is 16.9 Å². The zero-order valence-corrected chi connectivity index (χ0v) is 15.3. The molecule has 1 aromatic heterocycles. The molecule has 0 spiro atoms. The summed E-state index contributed by atoms with van der Waals surface area (Å²) in [5.74, 6) is -1.41. The van der Waals surface area contributed by atoms with Crippen LogP contribution in [0.4, 0.5) is 17.6 Å². The lowest BCUT2D eigenvalue weighted by atomic mass is 9.98. The smallest absolute Gasteiger partial charge is 0.374 e. The van der Waals surface area contributed by atoms with Crippen LogP contribution in [0.15, 0.2) is 29.6 Å². The summed E-state index contributed by atoms with van der Waals surface area (Å²) in [7, 11) is 0. The van der Waals surface area contributed by atoms with Crippen LogP contribution in [-0.4, -0.2) is 33.1 Å². The number of nitrogens with zero attached hydrogens (tertiary/aromatic N) is 2. The molecule has 0 saturated heterocycles. The maximum atomic E-state index is 13.9. The molecule has 0 aliphatic heterocycles. The van der Waals surface area contributed by atoms with Crippen LogP contribution in [0.5, 0.6) is 0 Å². The van der Waals surface area contributed by atoms with E-state index in [1.807, 2.05) is 0 Å². The van der Waals surface area contributed by atoms with Crippen molar-refractivity contribution in [1.82, 2.24) is 9.88 Å². The molecule has 9 heteroatoms. The van der Waals surface area contributed by atoms with E-state index in [9.17, 15) is 27.5 Å². The summed E-state index contributed by atoms with van der Waals surface area (Å²) >= 11 is 0.656. The first-order valence-corrected chi connectivity index (χ1v) is 9.24. The maximum Gasteiger partial charge on any atom is 0.424 e. The van der Waals surface area contributed by atoms with Crippen molar-refractivity contribution in [3.63, 3.8) is 0 Å². The van der Waals surface area contributed by atoms with Gasteiger partial charge in [0.2, 0.25) is 11.5 Å². The van der Waals surface area contributed by atoms with Crippen molar-refractivity contribution in [2.75, 3.05) is 0 Å². The average molecular weight is 402 g/mol. The van der Waals surface area contributed by atoms with Gasteiger partial charge in [-0.3, -0.25) is 4.79 Å². The lowest BCUT2D eigenvalue weighted by Crippen LogP contribution is -2.47. The Morgan fingerprint density at radius 3 is 2.52 bits per heavy atom. The number of aliphatic hydroxyl groups is 1. The number of amides is 1. The number of alkyl halides is 3. The molecular formula is C18H18F4N2O2S. The molecule has 1 atom stereocenters. The number of halogens is 4. The molecule has 1 amide bonds. The van der Waals surface area contributed by atoms with Gasteiger partial charge in [-0.25, -0.2) is 9.37 Å². The van der Waals surface area contributed by atoms with Gasteiger partial charge in [-0.1, -0.05) is 18.2 Å². The molecule has 27 heavy (non-hydrogen) atoms. The second kappa shape index (κ2) is 7.20. The summed E-state index contributed by atoms with van der Waals surface area (Å²) in [5.41, 5.74) is -2.82. The van der Waals surface area contributed by atoms with Gasteiger partial charge in [0.15, 0.2) is 0 Å². The molecule has 1 aliphatic rings. The lowest BCUT2D eigenvalue weighted by Gasteiger charge is -2.31. The highest BCUT2D eigenvalue weighted by molar-refractivity contribution is 7.09. The molecule has 1 aromatic carbocycles. The van der Waals surface area contributed by atoms with Gasteiger partial charge in [0, 0.05) is 29.2 Å². The van der Waals surface area contributed by atoms with Crippen LogP contribution in [0, 0.1) is 12.7 Å². The number of carbonyl (C=O) groups excluding carboxylic acids is 1. The SMILES string of the molecule is Cc1csc(C(O)(CC(=O)N(Cc2ccccc2F)C2CC2)C(F)(F)F)n1. The van der Waals surface area contributed by atoms with Crippen LogP contribution in [0.25, 0.3) is 0 Å². The summed E-state index contributed by atoms with van der Waals surface area (Å²) < 4.78 is 54.8. The van der Waals surface area contributed by atoms with Gasteiger partial charge in [0.05, 0.1) is 6.42 Å². The largest absolute Gasteiger partial charge is 0.424 e. The van der Waals surface area contributed by atoms with Gasteiger partial charge in [-0.2, -0.15) is 13.2 Å². The molecule has 1 aliphatic carbocycles. The first-order valence-electron chi connectivity index (χ1n) is 8.36. The molecular weight excluding hydrogens is 384 g/mol. The Morgan fingerprint density at radius 2 is 2.00 bits per heavy atom. The van der Waals surface area contributed by atoms with Crippen LogP contribution >= 0.6 is 11.3 Å². The molecule has 3 rings (SSSR count). The van der Waals surface area contributed by atoms with Gasteiger partial charge in [-0.15, -0.1) is 11.3 Å². The fraction of sp³-hybridized carbons (Fsp3) is 0.444. The van der Waals surface area contributed by atoms with E-state index in [1.165, 1.54) is 35.4 Å². The summed E-state index contributed by atoms with van der Waals surface area (Å²) in [6.45, 7) is 1.37. The van der Waals surface area contributed by atoms with E-state index in [2.05, 4.69) is 4.98 Å². The molecule has 1 N–H and O–H groups in total. The monoisotopic (exact) mass is 402 g/mol. The average Bonchev–Trinajstić information content (AvgIpc) is 3.32. The van der Waals surface area contributed by atoms with Crippen molar-refractivity contribution in [2.24, 2.45) is 0 Å². The van der Waals surface area contributed by atoms with Gasteiger partial charge in [0.1, 0.15) is 10.8 Å². The van der Waals surface area contributed by atoms with Crippen molar-refractivity contribution >= 4 is 17.2 Å². The van der Waals surface area contributed by atoms with Gasteiger partial charge >= 0.3 is 6.18 Å². The molecule has 146 valence electrons. The van der Waals surface area contributed by atoms with E-state index in [0.29, 0.717) is 29.9 Å². The third kappa shape index (κ3) is 4.14. The van der Waals surface area contributed by atoms with Crippen LogP contribution in [0.1, 0.15) is 35.5 Å². The molecule has 1 heterocycles. The van der Waals surface area contributed by atoms with Crippen LogP contribution < -0.4 is 0 Å². The predicted octanol–water partition coefficient (Wildman–Crippen LogP) is 3.92. The Labute approximate surface area is 157 Å². The van der Waals surface area contributed by atoms with Crippen molar-refractivity contribution in [3.8, 4) is 0 Å². The van der Waals surface area contributed by atoms with Crippen LogP contribution in [0.3, 0.4) is 0 Å². The Bertz CT molecular complexity index is 835. The maximum absolute atomic E-state index is 13.9. The number of carbonyl (C=O) groups is 1. The highest BCUT2D eigenvalue weighted by Gasteiger charge is 2.58. The molecule has 1 unspecified atom stereocenters. The number of hydrogen-bond donors (Lipinski definition) is 1. The minimum absolute atomic E-state index is 0.138. The molecule has 2 aromatic rings. The normalized spacial score (nSPS) is 16.8. The zero-order valence-electron chi connectivity index (χ0n) is 14.5. The van der Waals surface area contributed by atoms with E-state index >= 15 is 0 Å². The number of benzene rings is 1. The first-order chi connectivity index (χ1) is 12.6. The van der Waals surface area contributed by atoms with E-state index in [0.717, 1.165) is 0 Å². The number of rotatable bonds is 6. The van der Waals surface area contributed by atoms with E-state index in [1.54, 1.807) is 6.07 Å². The first kappa shape index (κ1) is 19.8. The number of thiazole rings is 1. The fourth-order valence-corrected chi connectivity index (χ4v) is 3.69. The Hall–Kier alpha value is -2.00. The summed E-state index contributed by atoms with van der Waals surface area (Å²) in [6.07, 6.45) is -4.98. The van der Waals surface area contributed by atoms with Crippen molar-refractivity contribution in [3.05, 3.63) is 51.7 Å². The van der Waals surface area contributed by atoms with E-state index in [4.69, 9.17) is 0 Å². The third-order valence-electron chi connectivity index (χ3n) is 4.46. The van der Waals surface area contributed by atoms with Crippen molar-refractivity contribution in [2.45, 2.75) is 50.6 Å². The molecule has 0 radical (unpaired) electrons. The quantitative estimate of drug-likeness (QED) is 0.745. The summed E-state index contributed by atoms with van der Waals surface area (Å²) in [4.78, 5) is 17.7. The minimum atomic E-state index is -5.07. The highest BCUT2D eigenvalue weighted by Crippen LogP contribution is 2.44. The standard InChI is InChI=1S/C18H18F4N2O2S/c1-11-10-27-16(23-11)17(26,18(20,21)22)8-15(25)24(13-6-7-13)9-12-4-2-3-5-14(12)19/h2-5,10,13,26H,6-9H2,1H3.